The van der Waals surface area contributed by atoms with Gasteiger partial charge in [-0.15, -0.1) is 6.58 Å². The topological polar surface area (TPSA) is 20.3 Å². The van der Waals surface area contributed by atoms with Gasteiger partial charge >= 0.3 is 0 Å². The molecule has 4 heteroatoms. The number of piperidine rings is 1. The van der Waals surface area contributed by atoms with E-state index in [2.05, 4.69) is 49.6 Å². The lowest BCUT2D eigenvalue weighted by molar-refractivity contribution is -0.155. The van der Waals surface area contributed by atoms with Crippen molar-refractivity contribution in [3.63, 3.8) is 0 Å². The molecule has 0 spiro atoms. The van der Waals surface area contributed by atoms with E-state index in [9.17, 15) is 4.79 Å². The van der Waals surface area contributed by atoms with Gasteiger partial charge in [0.1, 0.15) is 0 Å². The summed E-state index contributed by atoms with van der Waals surface area (Å²) in [6.45, 7) is 8.29. The number of hydrogen-bond donors (Lipinski definition) is 0. The van der Waals surface area contributed by atoms with Crippen molar-refractivity contribution in [2.24, 2.45) is 11.3 Å². The molecule has 0 unspecified atom stereocenters. The smallest absolute Gasteiger partial charge is 0.229 e. The van der Waals surface area contributed by atoms with E-state index >= 15 is 0 Å². The maximum atomic E-state index is 14.1. The van der Waals surface area contributed by atoms with Crippen molar-refractivity contribution < 1.29 is 4.79 Å². The van der Waals surface area contributed by atoms with Gasteiger partial charge in [0.15, 0.2) is 0 Å². The van der Waals surface area contributed by atoms with Crippen LogP contribution < -0.4 is 0 Å². The van der Waals surface area contributed by atoms with Crippen molar-refractivity contribution in [2.45, 2.75) is 64.0 Å². The third-order valence-electron chi connectivity index (χ3n) is 7.13. The summed E-state index contributed by atoms with van der Waals surface area (Å²) in [5, 5.41) is 1.44. The van der Waals surface area contributed by atoms with E-state index in [4.69, 9.17) is 23.2 Å². The normalized spacial score (nSPS) is 27.2. The lowest BCUT2D eigenvalue weighted by Gasteiger charge is -2.52. The second kappa shape index (κ2) is 9.00. The number of rotatable bonds is 7. The Morgan fingerprint density at radius 2 is 1.84 bits per heavy atom. The zero-order chi connectivity index (χ0) is 22.2. The van der Waals surface area contributed by atoms with E-state index in [1.54, 1.807) is 0 Å². The standard InChI is InChI=1S/C27H31Cl2NO/c1-4-15-27(3)17-23(20-7-6-8-22(29)16-20)25(19-11-13-21(28)14-12-19)30(26(27)31)24(5-2)18-9-10-18/h4,6-8,11-14,16,18,23-25H,1,5,9-10,15,17H2,2-3H3/t23-,24-,25-,27+/m1/s1. The van der Waals surface area contributed by atoms with Crippen LogP contribution in [0.3, 0.4) is 0 Å². The third-order valence-corrected chi connectivity index (χ3v) is 7.61. The minimum absolute atomic E-state index is 0.0355. The molecule has 1 saturated heterocycles. The number of allylic oxidation sites excluding steroid dienone is 1. The van der Waals surface area contributed by atoms with Crippen molar-refractivity contribution in [3.05, 3.63) is 82.4 Å². The number of hydrogen-bond acceptors (Lipinski definition) is 1. The summed E-state index contributed by atoms with van der Waals surface area (Å²) >= 11 is 12.6. The van der Waals surface area contributed by atoms with Gasteiger partial charge in [0.05, 0.1) is 11.5 Å². The molecule has 1 heterocycles. The first-order valence-electron chi connectivity index (χ1n) is 11.3. The van der Waals surface area contributed by atoms with Crippen LogP contribution in [0, 0.1) is 11.3 Å². The highest BCUT2D eigenvalue weighted by Gasteiger charge is 2.52. The van der Waals surface area contributed by atoms with E-state index in [0.29, 0.717) is 17.4 Å². The molecule has 1 saturated carbocycles. The summed E-state index contributed by atoms with van der Waals surface area (Å²) in [7, 11) is 0. The molecule has 2 aromatic carbocycles. The molecule has 4 atom stereocenters. The first-order valence-corrected chi connectivity index (χ1v) is 12.1. The largest absolute Gasteiger partial charge is 0.331 e. The predicted molar refractivity (Wildman–Crippen MR) is 130 cm³/mol. The van der Waals surface area contributed by atoms with Gasteiger partial charge in [-0.2, -0.15) is 0 Å². The molecule has 1 amide bonds. The highest BCUT2D eigenvalue weighted by Crippen LogP contribution is 2.54. The average molecular weight is 456 g/mol. The molecule has 2 fully saturated rings. The van der Waals surface area contributed by atoms with Crippen LogP contribution in [0.5, 0.6) is 0 Å². The van der Waals surface area contributed by atoms with Gasteiger partial charge in [-0.3, -0.25) is 4.79 Å². The lowest BCUT2D eigenvalue weighted by atomic mass is 9.67. The van der Waals surface area contributed by atoms with Gasteiger partial charge in [0, 0.05) is 22.0 Å². The molecule has 1 aliphatic carbocycles. The Balaban J connectivity index is 1.89. The number of likely N-dealkylation sites (tertiary alicyclic amines) is 1. The van der Waals surface area contributed by atoms with Crippen molar-refractivity contribution in [3.8, 4) is 0 Å². The number of carbonyl (C=O) groups is 1. The van der Waals surface area contributed by atoms with Crippen molar-refractivity contribution in [1.82, 2.24) is 4.90 Å². The van der Waals surface area contributed by atoms with E-state index < -0.39 is 5.41 Å². The molecule has 2 aromatic rings. The summed E-state index contributed by atoms with van der Waals surface area (Å²) < 4.78 is 0. The summed E-state index contributed by atoms with van der Waals surface area (Å²) in [6, 6.07) is 16.4. The summed E-state index contributed by atoms with van der Waals surface area (Å²) in [5.74, 6) is 0.995. The van der Waals surface area contributed by atoms with Gasteiger partial charge in [-0.25, -0.2) is 0 Å². The van der Waals surface area contributed by atoms with E-state index in [0.717, 1.165) is 23.4 Å². The molecular formula is C27H31Cl2NO. The summed E-state index contributed by atoms with van der Waals surface area (Å²) in [4.78, 5) is 16.3. The average Bonchev–Trinajstić information content (AvgIpc) is 3.58. The first-order chi connectivity index (χ1) is 14.9. The molecule has 164 valence electrons. The maximum absolute atomic E-state index is 14.1. The Morgan fingerprint density at radius 1 is 1.13 bits per heavy atom. The number of carbonyl (C=O) groups excluding carboxylic acids is 1. The Hall–Kier alpha value is -1.77. The Kier molecular flexibility index (Phi) is 6.51. The third kappa shape index (κ3) is 4.43. The second-order valence-electron chi connectivity index (χ2n) is 9.44. The Morgan fingerprint density at radius 3 is 2.42 bits per heavy atom. The van der Waals surface area contributed by atoms with Crippen LogP contribution in [0.4, 0.5) is 0 Å². The predicted octanol–water partition coefficient (Wildman–Crippen LogP) is 7.82. The highest BCUT2D eigenvalue weighted by molar-refractivity contribution is 6.30. The monoisotopic (exact) mass is 455 g/mol. The second-order valence-corrected chi connectivity index (χ2v) is 10.3. The lowest BCUT2D eigenvalue weighted by Crippen LogP contribution is -2.56. The minimum atomic E-state index is -0.472. The molecule has 31 heavy (non-hydrogen) atoms. The number of amides is 1. The quantitative estimate of drug-likeness (QED) is 0.389. The molecule has 0 bridgehead atoms. The van der Waals surface area contributed by atoms with Crippen LogP contribution in [0.2, 0.25) is 10.0 Å². The van der Waals surface area contributed by atoms with E-state index in [1.807, 2.05) is 30.3 Å². The minimum Gasteiger partial charge on any atom is -0.331 e. The van der Waals surface area contributed by atoms with Crippen molar-refractivity contribution in [1.29, 1.82) is 0 Å². The number of halogens is 2. The number of benzene rings is 2. The molecule has 1 aliphatic heterocycles. The van der Waals surface area contributed by atoms with E-state index in [1.165, 1.54) is 18.4 Å². The van der Waals surface area contributed by atoms with Crippen LogP contribution in [0.1, 0.15) is 69.0 Å². The molecule has 0 aromatic heterocycles. The van der Waals surface area contributed by atoms with E-state index in [-0.39, 0.29) is 23.9 Å². The van der Waals surface area contributed by atoms with Crippen molar-refractivity contribution >= 4 is 29.1 Å². The SMILES string of the molecule is C=CC[C@@]1(C)C[C@H](c2cccc(Cl)c2)[C@@H](c2ccc(Cl)cc2)N([C@H](CC)C2CC2)C1=O. The molecular weight excluding hydrogens is 425 g/mol. The Labute approximate surface area is 196 Å². The van der Waals surface area contributed by atoms with Gasteiger partial charge in [-0.1, -0.05) is 67.4 Å². The molecule has 0 radical (unpaired) electrons. The van der Waals surface area contributed by atoms with Crippen LogP contribution in [0.25, 0.3) is 0 Å². The fourth-order valence-corrected chi connectivity index (χ4v) is 5.82. The maximum Gasteiger partial charge on any atom is 0.229 e. The Bertz CT molecular complexity index is 952. The summed E-state index contributed by atoms with van der Waals surface area (Å²) in [5.41, 5.74) is 1.85. The molecule has 0 N–H and O–H groups in total. The van der Waals surface area contributed by atoms with Crippen LogP contribution in [0.15, 0.2) is 61.2 Å². The van der Waals surface area contributed by atoms with Gasteiger partial charge in [0.25, 0.3) is 0 Å². The molecule has 4 rings (SSSR count). The first kappa shape index (κ1) is 22.4. The molecule has 2 aliphatic rings. The zero-order valence-electron chi connectivity index (χ0n) is 18.4. The van der Waals surface area contributed by atoms with Crippen LogP contribution in [-0.4, -0.2) is 16.8 Å². The number of nitrogens with zero attached hydrogens (tertiary/aromatic N) is 1. The van der Waals surface area contributed by atoms with Crippen molar-refractivity contribution in [2.75, 3.05) is 0 Å². The summed E-state index contributed by atoms with van der Waals surface area (Å²) in [6.07, 6.45) is 6.71. The van der Waals surface area contributed by atoms with Gasteiger partial charge in [0.2, 0.25) is 5.91 Å². The zero-order valence-corrected chi connectivity index (χ0v) is 19.9. The fraction of sp³-hybridized carbons (Fsp3) is 0.444. The van der Waals surface area contributed by atoms with Crippen LogP contribution >= 0.6 is 23.2 Å². The van der Waals surface area contributed by atoms with Crippen LogP contribution in [-0.2, 0) is 4.79 Å². The van der Waals surface area contributed by atoms with Gasteiger partial charge in [-0.05, 0) is 73.4 Å². The molecule has 2 nitrogen and oxygen atoms in total. The highest BCUT2D eigenvalue weighted by atomic mass is 35.5. The fourth-order valence-electron chi connectivity index (χ4n) is 5.49. The van der Waals surface area contributed by atoms with Gasteiger partial charge < -0.3 is 4.90 Å².